The molecule has 0 amide bonds. The maximum Gasteiger partial charge on any atom is 0.252 e. The molecule has 3 heterocycles. The van der Waals surface area contributed by atoms with Gasteiger partial charge in [0.05, 0.1) is 17.2 Å². The van der Waals surface area contributed by atoms with Gasteiger partial charge < -0.3 is 9.47 Å². The lowest BCUT2D eigenvalue weighted by atomic mass is 9.93. The van der Waals surface area contributed by atoms with Gasteiger partial charge in [-0.05, 0) is 61.4 Å². The molecule has 0 radical (unpaired) electrons. The van der Waals surface area contributed by atoms with E-state index in [1.807, 2.05) is 36.4 Å². The highest BCUT2D eigenvalue weighted by Gasteiger charge is 2.36. The summed E-state index contributed by atoms with van der Waals surface area (Å²) in [5, 5.41) is 10.8. The van der Waals surface area contributed by atoms with Gasteiger partial charge in [-0.3, -0.25) is 9.69 Å². The van der Waals surface area contributed by atoms with Crippen molar-refractivity contribution in [1.29, 1.82) is 5.26 Å². The Morgan fingerprint density at radius 3 is 2.19 bits per heavy atom. The van der Waals surface area contributed by atoms with Gasteiger partial charge in [-0.1, -0.05) is 47.5 Å². The number of benzene rings is 2. The van der Waals surface area contributed by atoms with Crippen LogP contribution in [0.25, 0.3) is 11.0 Å². The van der Waals surface area contributed by atoms with Gasteiger partial charge in [0.2, 0.25) is 0 Å². The smallest absolute Gasteiger partial charge is 0.252 e. The lowest BCUT2D eigenvalue weighted by molar-refractivity contribution is 0.130. The summed E-state index contributed by atoms with van der Waals surface area (Å²) in [5.74, 6) is 0. The molecule has 37 heavy (non-hydrogen) atoms. The first-order valence-corrected chi connectivity index (χ1v) is 13.0. The fourth-order valence-corrected chi connectivity index (χ4v) is 5.77. The van der Waals surface area contributed by atoms with Crippen molar-refractivity contribution in [2.45, 2.75) is 32.0 Å². The highest BCUT2D eigenvalue weighted by Crippen LogP contribution is 2.37. The van der Waals surface area contributed by atoms with E-state index in [0.29, 0.717) is 33.3 Å². The molecule has 0 aliphatic carbocycles. The molecule has 188 valence electrons. The Kier molecular flexibility index (Phi) is 6.96. The Labute approximate surface area is 226 Å². The molecule has 2 aromatic carbocycles. The van der Waals surface area contributed by atoms with Gasteiger partial charge in [-0.15, -0.1) is 0 Å². The van der Waals surface area contributed by atoms with Crippen molar-refractivity contribution >= 4 is 39.9 Å². The first-order valence-electron chi connectivity index (χ1n) is 12.2. The molecule has 1 fully saturated rings. The molecule has 8 heteroatoms. The first-order chi connectivity index (χ1) is 17.8. The second-order valence-corrected chi connectivity index (χ2v) is 10.5. The van der Waals surface area contributed by atoms with Crippen LogP contribution in [0.15, 0.2) is 71.5 Å². The standard InChI is InChI=1S/C29H27Cl2N5O/c1-18-17-36(29(20-6-4-8-22(30)12-20)21-7-5-9-23(31)13-21)19(2)16-35(18)26-14-27(37)34(3)25-11-10-24(15-32)33-28(25)26/h4-14,18-19,29H,16-17H2,1-3H3/t18-,19-/m0/s1. The van der Waals surface area contributed by atoms with Crippen molar-refractivity contribution in [3.63, 3.8) is 0 Å². The number of aromatic nitrogens is 2. The molecule has 0 bridgehead atoms. The number of piperazine rings is 1. The van der Waals surface area contributed by atoms with Crippen LogP contribution in [-0.2, 0) is 7.05 Å². The molecule has 4 aromatic rings. The molecule has 0 spiro atoms. The number of anilines is 1. The van der Waals surface area contributed by atoms with Crippen LogP contribution in [0.3, 0.4) is 0 Å². The summed E-state index contributed by atoms with van der Waals surface area (Å²) in [6, 6.07) is 23.3. The maximum absolute atomic E-state index is 12.9. The molecule has 0 unspecified atom stereocenters. The molecular formula is C29H27Cl2N5O. The molecule has 6 nitrogen and oxygen atoms in total. The molecule has 1 aliphatic rings. The van der Waals surface area contributed by atoms with Crippen LogP contribution in [0.1, 0.15) is 36.7 Å². The maximum atomic E-state index is 12.9. The van der Waals surface area contributed by atoms with E-state index in [-0.39, 0.29) is 23.7 Å². The summed E-state index contributed by atoms with van der Waals surface area (Å²) in [5.41, 5.74) is 4.55. The predicted molar refractivity (Wildman–Crippen MR) is 149 cm³/mol. The van der Waals surface area contributed by atoms with Gasteiger partial charge in [0.25, 0.3) is 5.56 Å². The Balaban J connectivity index is 1.57. The summed E-state index contributed by atoms with van der Waals surface area (Å²) < 4.78 is 1.58. The Morgan fingerprint density at radius 1 is 0.946 bits per heavy atom. The van der Waals surface area contributed by atoms with Crippen molar-refractivity contribution in [3.05, 3.63) is 104 Å². The number of rotatable bonds is 4. The van der Waals surface area contributed by atoms with Gasteiger partial charge in [0, 0.05) is 48.3 Å². The zero-order chi connectivity index (χ0) is 26.3. The third kappa shape index (κ3) is 4.83. The van der Waals surface area contributed by atoms with Gasteiger partial charge >= 0.3 is 0 Å². The third-order valence-electron chi connectivity index (χ3n) is 7.19. The Hall–Kier alpha value is -3.37. The lowest BCUT2D eigenvalue weighted by Crippen LogP contribution is -2.57. The molecule has 0 saturated carbocycles. The Bertz CT molecular complexity index is 1530. The van der Waals surface area contributed by atoms with Crippen LogP contribution < -0.4 is 10.5 Å². The normalized spacial score (nSPS) is 18.4. The van der Waals surface area contributed by atoms with E-state index in [2.05, 4.69) is 46.8 Å². The summed E-state index contributed by atoms with van der Waals surface area (Å²) in [6.45, 7) is 5.76. The van der Waals surface area contributed by atoms with E-state index in [1.165, 1.54) is 0 Å². The Morgan fingerprint density at radius 2 is 1.59 bits per heavy atom. The van der Waals surface area contributed by atoms with Crippen molar-refractivity contribution < 1.29 is 0 Å². The third-order valence-corrected chi connectivity index (χ3v) is 7.66. The minimum atomic E-state index is -0.105. The number of hydrogen-bond acceptors (Lipinski definition) is 5. The SMILES string of the molecule is C[C@H]1CN(C(c2cccc(Cl)c2)c2cccc(Cl)c2)[C@@H](C)CN1c1cc(=O)n(C)c2ccc(C#N)nc12. The average Bonchev–Trinajstić information content (AvgIpc) is 2.88. The van der Waals surface area contributed by atoms with Crippen LogP contribution in [0.4, 0.5) is 5.69 Å². The van der Waals surface area contributed by atoms with Gasteiger partial charge in [-0.2, -0.15) is 5.26 Å². The average molecular weight is 532 g/mol. The molecule has 2 atom stereocenters. The number of fused-ring (bicyclic) bond motifs is 1. The van der Waals surface area contributed by atoms with E-state index in [9.17, 15) is 10.1 Å². The van der Waals surface area contributed by atoms with Crippen LogP contribution in [0.2, 0.25) is 10.0 Å². The van der Waals surface area contributed by atoms with Crippen LogP contribution in [0, 0.1) is 11.3 Å². The van der Waals surface area contributed by atoms with Gasteiger partial charge in [0.1, 0.15) is 17.3 Å². The topological polar surface area (TPSA) is 65.2 Å². The van der Waals surface area contributed by atoms with Crippen LogP contribution in [0.5, 0.6) is 0 Å². The lowest BCUT2D eigenvalue weighted by Gasteiger charge is -2.48. The molecular weight excluding hydrogens is 505 g/mol. The number of halogens is 2. The summed E-state index contributed by atoms with van der Waals surface area (Å²) in [6.07, 6.45) is 0. The second kappa shape index (κ2) is 10.2. The zero-order valence-corrected chi connectivity index (χ0v) is 22.4. The highest BCUT2D eigenvalue weighted by molar-refractivity contribution is 6.31. The highest BCUT2D eigenvalue weighted by atomic mass is 35.5. The van der Waals surface area contributed by atoms with Gasteiger partial charge in [0.15, 0.2) is 0 Å². The predicted octanol–water partition coefficient (Wildman–Crippen LogP) is 5.80. The number of nitrogens with zero attached hydrogens (tertiary/aromatic N) is 5. The van der Waals surface area contributed by atoms with Gasteiger partial charge in [-0.25, -0.2) is 4.98 Å². The minimum Gasteiger partial charge on any atom is -0.364 e. The summed E-state index contributed by atoms with van der Waals surface area (Å²) >= 11 is 12.8. The monoisotopic (exact) mass is 531 g/mol. The molecule has 1 aliphatic heterocycles. The van der Waals surface area contributed by atoms with Crippen molar-refractivity contribution in [2.75, 3.05) is 18.0 Å². The molecule has 2 aromatic heterocycles. The van der Waals surface area contributed by atoms with E-state index >= 15 is 0 Å². The van der Waals surface area contributed by atoms with E-state index in [1.54, 1.807) is 29.8 Å². The summed E-state index contributed by atoms with van der Waals surface area (Å²) in [7, 11) is 1.73. The van der Waals surface area contributed by atoms with Crippen LogP contribution >= 0.6 is 23.2 Å². The minimum absolute atomic E-state index is 0.0410. The quantitative estimate of drug-likeness (QED) is 0.333. The van der Waals surface area contributed by atoms with Crippen molar-refractivity contribution in [1.82, 2.24) is 14.5 Å². The fourth-order valence-electron chi connectivity index (χ4n) is 5.37. The van der Waals surface area contributed by atoms with Crippen LogP contribution in [-0.4, -0.2) is 39.6 Å². The van der Waals surface area contributed by atoms with Crippen molar-refractivity contribution in [3.8, 4) is 6.07 Å². The fraction of sp³-hybridized carbons (Fsp3) is 0.276. The summed E-state index contributed by atoms with van der Waals surface area (Å²) in [4.78, 5) is 22.2. The van der Waals surface area contributed by atoms with E-state index < -0.39 is 0 Å². The number of aryl methyl sites for hydroxylation is 1. The number of nitriles is 1. The first kappa shape index (κ1) is 25.3. The molecule has 5 rings (SSSR count). The molecule has 1 saturated heterocycles. The zero-order valence-electron chi connectivity index (χ0n) is 20.9. The second-order valence-electron chi connectivity index (χ2n) is 9.66. The molecule has 0 N–H and O–H groups in total. The van der Waals surface area contributed by atoms with E-state index in [0.717, 1.165) is 23.4 Å². The largest absolute Gasteiger partial charge is 0.364 e. The number of hydrogen-bond donors (Lipinski definition) is 0. The van der Waals surface area contributed by atoms with E-state index in [4.69, 9.17) is 23.2 Å². The van der Waals surface area contributed by atoms with Crippen molar-refractivity contribution in [2.24, 2.45) is 7.05 Å². The number of pyridine rings is 2.